The molecule has 1 aliphatic carbocycles. The fourth-order valence-corrected chi connectivity index (χ4v) is 4.47. The van der Waals surface area contributed by atoms with Gasteiger partial charge in [0.15, 0.2) is 0 Å². The molecule has 2 saturated heterocycles. The molecule has 0 radical (unpaired) electrons. The second-order valence-electron chi connectivity index (χ2n) is 8.11. The first-order valence-corrected chi connectivity index (χ1v) is 10.1. The second kappa shape index (κ2) is 7.65. The van der Waals surface area contributed by atoms with E-state index < -0.39 is 5.67 Å². The molecule has 1 saturated carbocycles. The molecule has 0 N–H and O–H groups in total. The summed E-state index contributed by atoms with van der Waals surface area (Å²) in [5, 5.41) is 0. The van der Waals surface area contributed by atoms with Gasteiger partial charge in [0.2, 0.25) is 5.91 Å². The van der Waals surface area contributed by atoms with Gasteiger partial charge >= 0.3 is 0 Å². The second-order valence-corrected chi connectivity index (χ2v) is 8.11. The third kappa shape index (κ3) is 3.79. The van der Waals surface area contributed by atoms with Gasteiger partial charge in [0, 0.05) is 45.3 Å². The zero-order valence-electron chi connectivity index (χ0n) is 15.6. The summed E-state index contributed by atoms with van der Waals surface area (Å²) in [4.78, 5) is 19.3. The number of benzene rings is 1. The third-order valence-corrected chi connectivity index (χ3v) is 6.56. The summed E-state index contributed by atoms with van der Waals surface area (Å²) >= 11 is 0. The van der Waals surface area contributed by atoms with Crippen LogP contribution in [0.25, 0.3) is 0 Å². The maximum absolute atomic E-state index is 15.2. The summed E-state index contributed by atoms with van der Waals surface area (Å²) in [6.07, 6.45) is 4.96. The van der Waals surface area contributed by atoms with Gasteiger partial charge in [-0.1, -0.05) is 36.8 Å². The van der Waals surface area contributed by atoms with Crippen molar-refractivity contribution in [3.8, 4) is 0 Å². The Bertz CT molecular complexity index is 603. The summed E-state index contributed by atoms with van der Waals surface area (Å²) in [5.74, 6) is 0.212. The van der Waals surface area contributed by atoms with E-state index in [1.54, 1.807) is 0 Å². The Morgan fingerprint density at radius 3 is 2.23 bits per heavy atom. The number of carbonyl (C=O) groups excluding carboxylic acids is 1. The Kier molecular flexibility index (Phi) is 5.28. The lowest BCUT2D eigenvalue weighted by Gasteiger charge is -2.43. The molecule has 1 amide bonds. The van der Waals surface area contributed by atoms with E-state index in [2.05, 4.69) is 9.80 Å². The molecular weight excluding hydrogens is 329 g/mol. The molecule has 0 atom stereocenters. The number of carbonyl (C=O) groups is 1. The van der Waals surface area contributed by atoms with Crippen LogP contribution in [0.15, 0.2) is 30.3 Å². The number of amides is 1. The molecule has 0 unspecified atom stereocenters. The molecule has 0 spiro atoms. The zero-order valence-corrected chi connectivity index (χ0v) is 15.6. The molecule has 3 fully saturated rings. The first kappa shape index (κ1) is 17.9. The highest BCUT2D eigenvalue weighted by Crippen LogP contribution is 2.36. The minimum absolute atomic E-state index is 0.212. The molecule has 2 aliphatic heterocycles. The van der Waals surface area contributed by atoms with Crippen molar-refractivity contribution >= 4 is 5.91 Å². The summed E-state index contributed by atoms with van der Waals surface area (Å²) < 4.78 is 15.2. The number of nitrogens with zero attached hydrogens (tertiary/aromatic N) is 3. The van der Waals surface area contributed by atoms with Crippen LogP contribution >= 0.6 is 0 Å². The molecule has 26 heavy (non-hydrogen) atoms. The molecule has 2 heterocycles. The van der Waals surface area contributed by atoms with Crippen molar-refractivity contribution in [2.45, 2.75) is 43.8 Å². The number of hydrogen-bond donors (Lipinski definition) is 0. The Balaban J connectivity index is 1.23. The van der Waals surface area contributed by atoms with Crippen molar-refractivity contribution in [2.24, 2.45) is 0 Å². The quantitative estimate of drug-likeness (QED) is 0.827. The van der Waals surface area contributed by atoms with Gasteiger partial charge < -0.3 is 4.90 Å². The monoisotopic (exact) mass is 359 g/mol. The summed E-state index contributed by atoms with van der Waals surface area (Å²) in [7, 11) is 0. The van der Waals surface area contributed by atoms with E-state index in [0.29, 0.717) is 32.5 Å². The summed E-state index contributed by atoms with van der Waals surface area (Å²) in [5.41, 5.74) is -0.465. The first-order valence-electron chi connectivity index (χ1n) is 10.1. The van der Waals surface area contributed by atoms with E-state index >= 15 is 4.39 Å². The van der Waals surface area contributed by atoms with Crippen molar-refractivity contribution in [3.63, 3.8) is 0 Å². The average Bonchev–Trinajstić information content (AvgIpc) is 2.64. The molecule has 0 aromatic heterocycles. The molecule has 5 heteroatoms. The van der Waals surface area contributed by atoms with E-state index in [4.69, 9.17) is 0 Å². The van der Waals surface area contributed by atoms with E-state index in [1.807, 2.05) is 35.2 Å². The Morgan fingerprint density at radius 1 is 1.00 bits per heavy atom. The molecule has 1 aromatic rings. The van der Waals surface area contributed by atoms with Crippen LogP contribution in [0, 0.1) is 0 Å². The SMILES string of the molecule is O=C(CN1CCC(F)(c2ccccc2)CC1)N1CCN(C2CCC2)CC1. The highest BCUT2D eigenvalue weighted by Gasteiger charge is 2.37. The lowest BCUT2D eigenvalue weighted by molar-refractivity contribution is -0.135. The van der Waals surface area contributed by atoms with Crippen LogP contribution in [-0.4, -0.2) is 72.5 Å². The van der Waals surface area contributed by atoms with E-state index in [-0.39, 0.29) is 5.91 Å². The summed E-state index contributed by atoms with van der Waals surface area (Å²) in [6.45, 7) is 5.46. The topological polar surface area (TPSA) is 26.8 Å². The van der Waals surface area contributed by atoms with E-state index in [9.17, 15) is 4.79 Å². The van der Waals surface area contributed by atoms with Gasteiger partial charge in [0.1, 0.15) is 5.67 Å². The predicted octanol–water partition coefficient (Wildman–Crippen LogP) is 2.64. The number of hydrogen-bond acceptors (Lipinski definition) is 3. The minimum atomic E-state index is -1.24. The fraction of sp³-hybridized carbons (Fsp3) is 0.667. The zero-order chi connectivity index (χ0) is 18.0. The van der Waals surface area contributed by atoms with Gasteiger partial charge in [-0.05, 0) is 31.2 Å². The molecule has 4 rings (SSSR count). The molecule has 1 aromatic carbocycles. The largest absolute Gasteiger partial charge is 0.339 e. The smallest absolute Gasteiger partial charge is 0.236 e. The van der Waals surface area contributed by atoms with Crippen molar-refractivity contribution < 1.29 is 9.18 Å². The number of halogens is 1. The van der Waals surface area contributed by atoms with Crippen LogP contribution in [-0.2, 0) is 10.5 Å². The average molecular weight is 359 g/mol. The minimum Gasteiger partial charge on any atom is -0.339 e. The normalized spacial score (nSPS) is 25.0. The lowest BCUT2D eigenvalue weighted by atomic mass is 9.86. The predicted molar refractivity (Wildman–Crippen MR) is 101 cm³/mol. The molecule has 3 aliphatic rings. The van der Waals surface area contributed by atoms with Gasteiger partial charge in [-0.2, -0.15) is 0 Å². The van der Waals surface area contributed by atoms with Crippen molar-refractivity contribution in [1.29, 1.82) is 0 Å². The van der Waals surface area contributed by atoms with Crippen LogP contribution in [0.4, 0.5) is 4.39 Å². The number of piperidine rings is 1. The molecular formula is C21H30FN3O. The summed E-state index contributed by atoms with van der Waals surface area (Å²) in [6, 6.07) is 10.2. The van der Waals surface area contributed by atoms with Gasteiger partial charge in [0.05, 0.1) is 6.54 Å². The molecule has 142 valence electrons. The first-order chi connectivity index (χ1) is 12.6. The Hall–Kier alpha value is -1.46. The van der Waals surface area contributed by atoms with Crippen molar-refractivity contribution in [1.82, 2.24) is 14.7 Å². The van der Waals surface area contributed by atoms with Crippen LogP contribution in [0.2, 0.25) is 0 Å². The number of piperazine rings is 1. The van der Waals surface area contributed by atoms with Crippen LogP contribution in [0.1, 0.15) is 37.7 Å². The molecule has 4 nitrogen and oxygen atoms in total. The van der Waals surface area contributed by atoms with Crippen molar-refractivity contribution in [2.75, 3.05) is 45.8 Å². The number of likely N-dealkylation sites (tertiary alicyclic amines) is 1. The number of rotatable bonds is 4. The van der Waals surface area contributed by atoms with E-state index in [1.165, 1.54) is 19.3 Å². The maximum atomic E-state index is 15.2. The van der Waals surface area contributed by atoms with Gasteiger partial charge in [-0.3, -0.25) is 14.6 Å². The van der Waals surface area contributed by atoms with Gasteiger partial charge in [-0.15, -0.1) is 0 Å². The van der Waals surface area contributed by atoms with Crippen LogP contribution < -0.4 is 0 Å². The number of alkyl halides is 1. The standard InChI is InChI=1S/C21H30FN3O/c22-21(18-5-2-1-3-6-18)9-11-23(12-10-21)17-20(26)25-15-13-24(14-16-25)19-7-4-8-19/h1-3,5-6,19H,4,7-17H2. The lowest BCUT2D eigenvalue weighted by Crippen LogP contribution is -2.55. The van der Waals surface area contributed by atoms with Crippen LogP contribution in [0.3, 0.4) is 0 Å². The maximum Gasteiger partial charge on any atom is 0.236 e. The van der Waals surface area contributed by atoms with Crippen LogP contribution in [0.5, 0.6) is 0 Å². The fourth-order valence-electron chi connectivity index (χ4n) is 4.47. The van der Waals surface area contributed by atoms with Gasteiger partial charge in [0.25, 0.3) is 0 Å². The van der Waals surface area contributed by atoms with Gasteiger partial charge in [-0.25, -0.2) is 4.39 Å². The third-order valence-electron chi connectivity index (χ3n) is 6.56. The van der Waals surface area contributed by atoms with Crippen molar-refractivity contribution in [3.05, 3.63) is 35.9 Å². The van der Waals surface area contributed by atoms with E-state index in [0.717, 1.165) is 37.8 Å². The molecule has 0 bridgehead atoms. The Labute approximate surface area is 155 Å². The highest BCUT2D eigenvalue weighted by atomic mass is 19.1. The highest BCUT2D eigenvalue weighted by molar-refractivity contribution is 5.78. The Morgan fingerprint density at radius 2 is 1.65 bits per heavy atom.